The second kappa shape index (κ2) is 9.62. The Bertz CT molecular complexity index is 459. The minimum absolute atomic E-state index is 0.0217. The monoisotopic (exact) mass is 303 g/mol. The maximum atomic E-state index is 12.5. The SMILES string of the molecule is O=C1N[C@H](CO)CCCCCCCCCCc2ccccc21. The molecule has 2 N–H and O–H groups in total. The molecule has 1 aromatic carbocycles. The molecule has 22 heavy (non-hydrogen) atoms. The van der Waals surface area contributed by atoms with Gasteiger partial charge in [0, 0.05) is 5.56 Å². The Balaban J connectivity index is 2.07. The molecule has 2 rings (SSSR count). The van der Waals surface area contributed by atoms with Crippen LogP contribution in [0.1, 0.15) is 73.7 Å². The van der Waals surface area contributed by atoms with Gasteiger partial charge in [-0.25, -0.2) is 0 Å². The zero-order valence-electron chi connectivity index (χ0n) is 13.5. The Hall–Kier alpha value is -1.35. The van der Waals surface area contributed by atoms with Crippen LogP contribution in [0.3, 0.4) is 0 Å². The molecule has 0 radical (unpaired) electrons. The number of nitrogens with one attached hydrogen (secondary N) is 1. The first-order valence-electron chi connectivity index (χ1n) is 8.81. The first-order valence-corrected chi connectivity index (χ1v) is 8.81. The zero-order valence-corrected chi connectivity index (χ0v) is 13.5. The standard InChI is InChI=1S/C19H29NO2/c21-15-17-13-8-6-4-2-1-3-5-7-11-16-12-9-10-14-18(16)19(22)20-17/h9-10,12,14,17,21H,1-8,11,13,15H2,(H,20,22)/t17-/m0/s1. The Morgan fingerprint density at radius 1 is 0.955 bits per heavy atom. The normalized spacial score (nSPS) is 22.0. The highest BCUT2D eigenvalue weighted by molar-refractivity contribution is 5.95. The van der Waals surface area contributed by atoms with Crippen LogP contribution in [0.5, 0.6) is 0 Å². The fourth-order valence-electron chi connectivity index (χ4n) is 3.20. The summed E-state index contributed by atoms with van der Waals surface area (Å²) in [7, 11) is 0. The molecule has 0 spiro atoms. The van der Waals surface area contributed by atoms with Crippen molar-refractivity contribution in [2.45, 2.75) is 70.3 Å². The molecular weight excluding hydrogens is 274 g/mol. The van der Waals surface area contributed by atoms with Gasteiger partial charge in [-0.15, -0.1) is 0 Å². The summed E-state index contributed by atoms with van der Waals surface area (Å²) < 4.78 is 0. The molecule has 3 heteroatoms. The van der Waals surface area contributed by atoms with Crippen molar-refractivity contribution in [1.82, 2.24) is 5.32 Å². The van der Waals surface area contributed by atoms with Crippen molar-refractivity contribution >= 4 is 5.91 Å². The van der Waals surface area contributed by atoms with Crippen molar-refractivity contribution in [1.29, 1.82) is 0 Å². The number of hydrogen-bond acceptors (Lipinski definition) is 2. The highest BCUT2D eigenvalue weighted by Crippen LogP contribution is 2.16. The average molecular weight is 303 g/mol. The lowest BCUT2D eigenvalue weighted by Gasteiger charge is -2.17. The van der Waals surface area contributed by atoms with Crippen molar-refractivity contribution in [3.63, 3.8) is 0 Å². The highest BCUT2D eigenvalue weighted by Gasteiger charge is 2.15. The van der Waals surface area contributed by atoms with Gasteiger partial charge in [0.2, 0.25) is 0 Å². The highest BCUT2D eigenvalue weighted by atomic mass is 16.3. The van der Waals surface area contributed by atoms with E-state index in [1.54, 1.807) is 0 Å². The number of aliphatic hydroxyl groups excluding tert-OH is 1. The summed E-state index contributed by atoms with van der Waals surface area (Å²) in [6.45, 7) is 0.0217. The van der Waals surface area contributed by atoms with Gasteiger partial charge in [0.25, 0.3) is 5.91 Å². The predicted molar refractivity (Wildman–Crippen MR) is 90.0 cm³/mol. The lowest BCUT2D eigenvalue weighted by atomic mass is 10.00. The van der Waals surface area contributed by atoms with Crippen LogP contribution >= 0.6 is 0 Å². The van der Waals surface area contributed by atoms with E-state index in [1.165, 1.54) is 38.5 Å². The van der Waals surface area contributed by atoms with Gasteiger partial charge in [-0.2, -0.15) is 0 Å². The Morgan fingerprint density at radius 3 is 2.32 bits per heavy atom. The third kappa shape index (κ3) is 5.45. The molecule has 0 unspecified atom stereocenters. The number of carbonyl (C=O) groups excluding carboxylic acids is 1. The fraction of sp³-hybridized carbons (Fsp3) is 0.632. The van der Waals surface area contributed by atoms with Gasteiger partial charge in [-0.1, -0.05) is 63.1 Å². The summed E-state index contributed by atoms with van der Waals surface area (Å²) >= 11 is 0. The smallest absolute Gasteiger partial charge is 0.251 e. The van der Waals surface area contributed by atoms with Gasteiger partial charge in [-0.05, 0) is 30.9 Å². The number of fused-ring (bicyclic) bond motifs is 1. The first kappa shape index (κ1) is 17.0. The number of aliphatic hydroxyl groups is 1. The Labute approximate surface area is 134 Å². The second-order valence-corrected chi connectivity index (χ2v) is 6.38. The number of benzene rings is 1. The number of carbonyl (C=O) groups is 1. The average Bonchev–Trinajstić information content (AvgIpc) is 2.55. The van der Waals surface area contributed by atoms with E-state index in [0.29, 0.717) is 0 Å². The maximum Gasteiger partial charge on any atom is 0.251 e. The lowest BCUT2D eigenvalue weighted by Crippen LogP contribution is -2.37. The Morgan fingerprint density at radius 2 is 1.59 bits per heavy atom. The fourth-order valence-corrected chi connectivity index (χ4v) is 3.20. The van der Waals surface area contributed by atoms with Gasteiger partial charge in [0.1, 0.15) is 0 Å². The van der Waals surface area contributed by atoms with Crippen LogP contribution in [0.4, 0.5) is 0 Å². The summed E-state index contributed by atoms with van der Waals surface area (Å²) in [6.07, 6.45) is 11.7. The van der Waals surface area contributed by atoms with E-state index in [4.69, 9.17) is 0 Å². The second-order valence-electron chi connectivity index (χ2n) is 6.38. The molecule has 1 amide bonds. The topological polar surface area (TPSA) is 49.3 Å². The van der Waals surface area contributed by atoms with E-state index >= 15 is 0 Å². The van der Waals surface area contributed by atoms with Crippen LogP contribution in [-0.4, -0.2) is 23.7 Å². The zero-order chi connectivity index (χ0) is 15.6. The largest absolute Gasteiger partial charge is 0.394 e. The van der Waals surface area contributed by atoms with Gasteiger partial charge >= 0.3 is 0 Å². The number of hydrogen-bond donors (Lipinski definition) is 2. The summed E-state index contributed by atoms with van der Waals surface area (Å²) in [5, 5.41) is 12.5. The maximum absolute atomic E-state index is 12.5. The lowest BCUT2D eigenvalue weighted by molar-refractivity contribution is 0.0911. The van der Waals surface area contributed by atoms with E-state index in [9.17, 15) is 9.90 Å². The first-order chi connectivity index (χ1) is 10.8. The quantitative estimate of drug-likeness (QED) is 0.828. The van der Waals surface area contributed by atoms with E-state index in [0.717, 1.165) is 36.8 Å². The van der Waals surface area contributed by atoms with Crippen LogP contribution in [0, 0.1) is 0 Å². The predicted octanol–water partition coefficient (Wildman–Crippen LogP) is 3.84. The van der Waals surface area contributed by atoms with Crippen molar-refractivity contribution in [3.8, 4) is 0 Å². The summed E-state index contributed by atoms with van der Waals surface area (Å²) in [4.78, 5) is 12.5. The van der Waals surface area contributed by atoms with Crippen molar-refractivity contribution in [3.05, 3.63) is 35.4 Å². The number of amides is 1. The molecular formula is C19H29NO2. The summed E-state index contributed by atoms with van der Waals surface area (Å²) in [5.41, 5.74) is 1.90. The number of aryl methyl sites for hydroxylation is 1. The molecule has 122 valence electrons. The minimum atomic E-state index is -0.120. The van der Waals surface area contributed by atoms with Gasteiger partial charge in [0.05, 0.1) is 12.6 Å². The molecule has 1 aliphatic heterocycles. The Kier molecular flexibility index (Phi) is 7.44. The van der Waals surface area contributed by atoms with Crippen LogP contribution < -0.4 is 5.32 Å². The summed E-state index contributed by atoms with van der Waals surface area (Å²) in [6, 6.07) is 7.76. The third-order valence-electron chi connectivity index (χ3n) is 4.57. The van der Waals surface area contributed by atoms with Gasteiger partial charge in [-0.3, -0.25) is 4.79 Å². The molecule has 1 atom stereocenters. The summed E-state index contributed by atoms with van der Waals surface area (Å²) in [5.74, 6) is -0.0375. The van der Waals surface area contributed by atoms with Crippen LogP contribution in [-0.2, 0) is 6.42 Å². The minimum Gasteiger partial charge on any atom is -0.394 e. The molecule has 1 aromatic rings. The van der Waals surface area contributed by atoms with E-state index in [1.807, 2.05) is 18.2 Å². The van der Waals surface area contributed by atoms with E-state index < -0.39 is 0 Å². The molecule has 0 fully saturated rings. The molecule has 0 aliphatic carbocycles. The van der Waals surface area contributed by atoms with Crippen molar-refractivity contribution < 1.29 is 9.90 Å². The van der Waals surface area contributed by atoms with Crippen molar-refractivity contribution in [2.75, 3.05) is 6.61 Å². The molecule has 3 nitrogen and oxygen atoms in total. The molecule has 0 saturated carbocycles. The van der Waals surface area contributed by atoms with Crippen LogP contribution in [0.25, 0.3) is 0 Å². The third-order valence-corrected chi connectivity index (χ3v) is 4.57. The molecule has 1 aliphatic rings. The molecule has 1 heterocycles. The van der Waals surface area contributed by atoms with Gasteiger partial charge in [0.15, 0.2) is 0 Å². The number of rotatable bonds is 1. The van der Waals surface area contributed by atoms with E-state index in [-0.39, 0.29) is 18.6 Å². The van der Waals surface area contributed by atoms with Crippen LogP contribution in [0.15, 0.2) is 24.3 Å². The van der Waals surface area contributed by atoms with Crippen molar-refractivity contribution in [2.24, 2.45) is 0 Å². The van der Waals surface area contributed by atoms with Crippen LogP contribution in [0.2, 0.25) is 0 Å². The molecule has 0 aromatic heterocycles. The molecule has 0 bridgehead atoms. The molecule has 0 saturated heterocycles. The van der Waals surface area contributed by atoms with E-state index in [2.05, 4.69) is 11.4 Å². The van der Waals surface area contributed by atoms with Gasteiger partial charge < -0.3 is 10.4 Å².